The highest BCUT2D eigenvalue weighted by molar-refractivity contribution is 8.00. The molecule has 1 N–H and O–H groups in total. The zero-order chi connectivity index (χ0) is 20.2. The van der Waals surface area contributed by atoms with E-state index in [0.717, 1.165) is 17.9 Å². The Morgan fingerprint density at radius 3 is 3.00 bits per heavy atom. The molecular formula is C20H19N3O4S2. The number of amides is 1. The summed E-state index contributed by atoms with van der Waals surface area (Å²) in [5.41, 5.74) is 1.28. The SMILES string of the molecule is COc1ccccc1-n1c(SCC(=O)NCc2ccco2)nc2c(c1=O)SCC2. The molecule has 1 amide bonds. The lowest BCUT2D eigenvalue weighted by atomic mass is 10.2. The van der Waals surface area contributed by atoms with Crippen molar-refractivity contribution in [2.75, 3.05) is 18.6 Å². The van der Waals surface area contributed by atoms with Gasteiger partial charge in [-0.05, 0) is 24.3 Å². The Bertz CT molecular complexity index is 1080. The summed E-state index contributed by atoms with van der Waals surface area (Å²) < 4.78 is 12.2. The van der Waals surface area contributed by atoms with Crippen LogP contribution in [0, 0.1) is 0 Å². The van der Waals surface area contributed by atoms with Gasteiger partial charge in [-0.15, -0.1) is 11.8 Å². The van der Waals surface area contributed by atoms with Crippen LogP contribution >= 0.6 is 23.5 Å². The van der Waals surface area contributed by atoms with Crippen molar-refractivity contribution in [3.8, 4) is 11.4 Å². The number of hydrogen-bond donors (Lipinski definition) is 1. The summed E-state index contributed by atoms with van der Waals surface area (Å²) in [5.74, 6) is 2.06. The number of thioether (sulfide) groups is 2. The topological polar surface area (TPSA) is 86.4 Å². The summed E-state index contributed by atoms with van der Waals surface area (Å²) in [7, 11) is 1.56. The summed E-state index contributed by atoms with van der Waals surface area (Å²) in [4.78, 5) is 30.8. The van der Waals surface area contributed by atoms with Gasteiger partial charge in [0.1, 0.15) is 11.5 Å². The monoisotopic (exact) mass is 429 g/mol. The maximum Gasteiger partial charge on any atom is 0.272 e. The van der Waals surface area contributed by atoms with Crippen molar-refractivity contribution in [1.82, 2.24) is 14.9 Å². The van der Waals surface area contributed by atoms with E-state index in [1.165, 1.54) is 23.5 Å². The van der Waals surface area contributed by atoms with Gasteiger partial charge in [-0.1, -0.05) is 23.9 Å². The van der Waals surface area contributed by atoms with E-state index in [-0.39, 0.29) is 17.2 Å². The number of benzene rings is 1. The number of furan rings is 1. The third kappa shape index (κ3) is 4.20. The number of hydrogen-bond acceptors (Lipinski definition) is 7. The molecule has 0 spiro atoms. The van der Waals surface area contributed by atoms with Crippen LogP contribution in [0.3, 0.4) is 0 Å². The third-order valence-corrected chi connectivity index (χ3v) is 6.41. The Balaban J connectivity index is 1.61. The lowest BCUT2D eigenvalue weighted by molar-refractivity contribution is -0.118. The van der Waals surface area contributed by atoms with Crippen LogP contribution in [-0.4, -0.2) is 34.1 Å². The van der Waals surface area contributed by atoms with Crippen LogP contribution in [0.15, 0.2) is 61.9 Å². The Hall–Kier alpha value is -2.65. The van der Waals surface area contributed by atoms with Crippen LogP contribution < -0.4 is 15.6 Å². The molecule has 3 aromatic rings. The first-order valence-corrected chi connectivity index (χ1v) is 11.0. The second-order valence-corrected chi connectivity index (χ2v) is 8.27. The maximum absolute atomic E-state index is 13.2. The van der Waals surface area contributed by atoms with Crippen molar-refractivity contribution in [1.29, 1.82) is 0 Å². The van der Waals surface area contributed by atoms with Crippen molar-refractivity contribution < 1.29 is 13.9 Å². The molecule has 0 atom stereocenters. The highest BCUT2D eigenvalue weighted by Crippen LogP contribution is 2.31. The van der Waals surface area contributed by atoms with Gasteiger partial charge >= 0.3 is 0 Å². The first kappa shape index (κ1) is 19.7. The Labute approximate surface area is 175 Å². The summed E-state index contributed by atoms with van der Waals surface area (Å²) in [6, 6.07) is 10.9. The van der Waals surface area contributed by atoms with E-state index < -0.39 is 0 Å². The summed E-state index contributed by atoms with van der Waals surface area (Å²) in [6.45, 7) is 0.319. The molecule has 29 heavy (non-hydrogen) atoms. The number of nitrogens with zero attached hydrogens (tertiary/aromatic N) is 2. The van der Waals surface area contributed by atoms with Crippen molar-refractivity contribution in [2.24, 2.45) is 0 Å². The van der Waals surface area contributed by atoms with Crippen molar-refractivity contribution in [3.05, 3.63) is 64.5 Å². The summed E-state index contributed by atoms with van der Waals surface area (Å²) >= 11 is 2.75. The Kier molecular flexibility index (Phi) is 5.96. The number of fused-ring (bicyclic) bond motifs is 1. The minimum Gasteiger partial charge on any atom is -0.495 e. The number of para-hydroxylation sites is 2. The number of carbonyl (C=O) groups excluding carboxylic acids is 1. The fourth-order valence-electron chi connectivity index (χ4n) is 3.00. The molecule has 1 aliphatic rings. The largest absolute Gasteiger partial charge is 0.495 e. The third-order valence-electron chi connectivity index (χ3n) is 4.36. The minimum absolute atomic E-state index is 0.125. The summed E-state index contributed by atoms with van der Waals surface area (Å²) in [5, 5.41) is 3.29. The number of methoxy groups -OCH3 is 1. The fraction of sp³-hybridized carbons (Fsp3) is 0.250. The van der Waals surface area contributed by atoms with Gasteiger partial charge in [0, 0.05) is 12.2 Å². The Morgan fingerprint density at radius 1 is 1.34 bits per heavy atom. The molecular weight excluding hydrogens is 410 g/mol. The molecule has 0 saturated heterocycles. The lowest BCUT2D eigenvalue weighted by Crippen LogP contribution is -2.27. The van der Waals surface area contributed by atoms with E-state index in [1.54, 1.807) is 36.1 Å². The van der Waals surface area contributed by atoms with Gasteiger partial charge in [0.25, 0.3) is 5.56 Å². The van der Waals surface area contributed by atoms with E-state index >= 15 is 0 Å². The van der Waals surface area contributed by atoms with Crippen LogP contribution in [0.2, 0.25) is 0 Å². The quantitative estimate of drug-likeness (QED) is 0.456. The second kappa shape index (κ2) is 8.79. The maximum atomic E-state index is 13.2. The molecule has 0 fully saturated rings. The molecule has 1 aromatic carbocycles. The Morgan fingerprint density at radius 2 is 2.21 bits per heavy atom. The smallest absolute Gasteiger partial charge is 0.272 e. The first-order valence-electron chi connectivity index (χ1n) is 9.01. The molecule has 0 radical (unpaired) electrons. The van der Waals surface area contributed by atoms with Crippen LogP contribution in [0.4, 0.5) is 0 Å². The predicted molar refractivity (Wildman–Crippen MR) is 112 cm³/mol. The minimum atomic E-state index is -0.165. The average molecular weight is 430 g/mol. The highest BCUT2D eigenvalue weighted by Gasteiger charge is 2.24. The molecule has 4 rings (SSSR count). The molecule has 7 nitrogen and oxygen atoms in total. The van der Waals surface area contributed by atoms with Gasteiger partial charge in [-0.2, -0.15) is 0 Å². The average Bonchev–Trinajstić information content (AvgIpc) is 3.43. The van der Waals surface area contributed by atoms with Crippen LogP contribution in [0.5, 0.6) is 5.75 Å². The van der Waals surface area contributed by atoms with E-state index in [9.17, 15) is 9.59 Å². The van der Waals surface area contributed by atoms with Crippen molar-refractivity contribution in [2.45, 2.75) is 23.0 Å². The number of rotatable bonds is 7. The number of aromatic nitrogens is 2. The fourth-order valence-corrected chi connectivity index (χ4v) is 4.87. The second-order valence-electron chi connectivity index (χ2n) is 6.23. The predicted octanol–water partition coefficient (Wildman–Crippen LogP) is 2.89. The van der Waals surface area contributed by atoms with Crippen LogP contribution in [0.1, 0.15) is 11.5 Å². The molecule has 0 bridgehead atoms. The van der Waals surface area contributed by atoms with Gasteiger partial charge in [0.15, 0.2) is 5.16 Å². The molecule has 0 aliphatic carbocycles. The molecule has 0 unspecified atom stereocenters. The van der Waals surface area contributed by atoms with Gasteiger partial charge in [-0.25, -0.2) is 4.98 Å². The van der Waals surface area contributed by atoms with E-state index in [1.807, 2.05) is 18.2 Å². The summed E-state index contributed by atoms with van der Waals surface area (Å²) in [6.07, 6.45) is 2.31. The highest BCUT2D eigenvalue weighted by atomic mass is 32.2. The van der Waals surface area contributed by atoms with E-state index in [4.69, 9.17) is 14.1 Å². The van der Waals surface area contributed by atoms with E-state index in [2.05, 4.69) is 5.32 Å². The zero-order valence-electron chi connectivity index (χ0n) is 15.7. The van der Waals surface area contributed by atoms with Crippen molar-refractivity contribution in [3.63, 3.8) is 0 Å². The normalized spacial score (nSPS) is 12.6. The van der Waals surface area contributed by atoms with Gasteiger partial charge in [-0.3, -0.25) is 14.2 Å². The van der Waals surface area contributed by atoms with Crippen molar-refractivity contribution >= 4 is 29.4 Å². The van der Waals surface area contributed by atoms with Gasteiger partial charge < -0.3 is 14.5 Å². The molecule has 1 aliphatic heterocycles. The van der Waals surface area contributed by atoms with Gasteiger partial charge in [0.2, 0.25) is 5.91 Å². The number of nitrogens with one attached hydrogen (secondary N) is 1. The first-order chi connectivity index (χ1) is 14.2. The van der Waals surface area contributed by atoms with Crippen LogP contribution in [0.25, 0.3) is 5.69 Å². The molecule has 2 aromatic heterocycles. The standard InChI is InChI=1S/C20H19N3O4S2/c1-26-16-7-3-2-6-15(16)23-19(25)18-14(8-10-28-18)22-20(23)29-12-17(24)21-11-13-5-4-9-27-13/h2-7,9H,8,10-12H2,1H3,(H,21,24). The zero-order valence-corrected chi connectivity index (χ0v) is 17.3. The molecule has 3 heterocycles. The number of ether oxygens (including phenoxy) is 1. The molecule has 150 valence electrons. The molecule has 0 saturated carbocycles. The van der Waals surface area contributed by atoms with E-state index in [0.29, 0.717) is 33.8 Å². The lowest BCUT2D eigenvalue weighted by Gasteiger charge is -2.16. The van der Waals surface area contributed by atoms with Crippen LogP contribution in [-0.2, 0) is 17.8 Å². The van der Waals surface area contributed by atoms with Gasteiger partial charge in [0.05, 0.1) is 41.9 Å². The number of carbonyl (C=O) groups is 1. The molecule has 9 heteroatoms. The number of aryl methyl sites for hydroxylation is 1.